The lowest BCUT2D eigenvalue weighted by Gasteiger charge is -2.20. The van der Waals surface area contributed by atoms with Crippen molar-refractivity contribution in [2.45, 2.75) is 25.6 Å². The second-order valence-corrected chi connectivity index (χ2v) is 4.10. The van der Waals surface area contributed by atoms with Crippen molar-refractivity contribution in [2.24, 2.45) is 0 Å². The summed E-state index contributed by atoms with van der Waals surface area (Å²) in [5.41, 5.74) is 1.22. The molecule has 2 heteroatoms. The smallest absolute Gasteiger partial charge is 0.128 e. The van der Waals surface area contributed by atoms with Gasteiger partial charge in [-0.15, -0.1) is 0 Å². The maximum Gasteiger partial charge on any atom is 0.128 e. The van der Waals surface area contributed by atoms with Gasteiger partial charge in [0, 0.05) is 0 Å². The molecule has 0 aliphatic rings. The predicted molar refractivity (Wildman–Crippen MR) is 57.7 cm³/mol. The summed E-state index contributed by atoms with van der Waals surface area (Å²) in [6.07, 6.45) is 0.823. The highest BCUT2D eigenvalue weighted by molar-refractivity contribution is 6.27. The second kappa shape index (κ2) is 3.78. The lowest BCUT2D eigenvalue weighted by Crippen LogP contribution is -2.20. The third kappa shape index (κ3) is 2.73. The molecule has 1 rings (SSSR count). The van der Waals surface area contributed by atoms with Crippen molar-refractivity contribution in [3.05, 3.63) is 35.9 Å². The van der Waals surface area contributed by atoms with Crippen LogP contribution in [0.1, 0.15) is 19.4 Å². The van der Waals surface area contributed by atoms with Gasteiger partial charge in [-0.1, -0.05) is 37.3 Å². The normalized spacial score (nSPS) is 14.9. The van der Waals surface area contributed by atoms with Crippen LogP contribution >= 0.6 is 0 Å². The van der Waals surface area contributed by atoms with Crippen LogP contribution in [0.2, 0.25) is 5.31 Å². The number of carbonyl (C=O) groups is 1. The van der Waals surface area contributed by atoms with E-state index in [0.29, 0.717) is 0 Å². The van der Waals surface area contributed by atoms with Gasteiger partial charge in [0.1, 0.15) is 13.6 Å². The Morgan fingerprint density at radius 2 is 1.92 bits per heavy atom. The van der Waals surface area contributed by atoms with Crippen LogP contribution in [-0.2, 0) is 11.2 Å². The first kappa shape index (κ1) is 10.0. The Kier molecular flexibility index (Phi) is 2.92. The van der Waals surface area contributed by atoms with Gasteiger partial charge in [-0.2, -0.15) is 0 Å². The maximum absolute atomic E-state index is 11.3. The van der Waals surface area contributed by atoms with Crippen molar-refractivity contribution in [3.63, 3.8) is 0 Å². The molecule has 1 aromatic rings. The SMILES string of the molecule is BC(C)(Cc1ccccc1)C(C)=O. The van der Waals surface area contributed by atoms with E-state index in [1.807, 2.05) is 33.0 Å². The highest BCUT2D eigenvalue weighted by Crippen LogP contribution is 2.26. The van der Waals surface area contributed by atoms with Gasteiger partial charge < -0.3 is 4.79 Å². The number of carbonyl (C=O) groups excluding carboxylic acids is 1. The van der Waals surface area contributed by atoms with Gasteiger partial charge in [-0.3, -0.25) is 0 Å². The highest BCUT2D eigenvalue weighted by atomic mass is 16.1. The third-order valence-corrected chi connectivity index (χ3v) is 2.44. The number of ketones is 1. The summed E-state index contributed by atoms with van der Waals surface area (Å²) >= 11 is 0. The van der Waals surface area contributed by atoms with Crippen molar-refractivity contribution >= 4 is 13.6 Å². The summed E-state index contributed by atoms with van der Waals surface area (Å²) in [5.74, 6) is 0.247. The molecule has 0 bridgehead atoms. The lowest BCUT2D eigenvalue weighted by molar-refractivity contribution is -0.119. The molecule has 1 nitrogen and oxygen atoms in total. The van der Waals surface area contributed by atoms with E-state index in [2.05, 4.69) is 12.1 Å². The van der Waals surface area contributed by atoms with Gasteiger partial charge in [0.25, 0.3) is 0 Å². The fourth-order valence-corrected chi connectivity index (χ4v) is 1.23. The zero-order chi connectivity index (χ0) is 9.90. The van der Waals surface area contributed by atoms with Gasteiger partial charge in [0.2, 0.25) is 0 Å². The van der Waals surface area contributed by atoms with Crippen LogP contribution in [0.3, 0.4) is 0 Å². The Balaban J connectivity index is 2.75. The minimum atomic E-state index is -0.235. The average molecular weight is 174 g/mol. The van der Waals surface area contributed by atoms with E-state index >= 15 is 0 Å². The second-order valence-electron chi connectivity index (χ2n) is 4.10. The predicted octanol–water partition coefficient (Wildman–Crippen LogP) is 1.63. The molecule has 13 heavy (non-hydrogen) atoms. The van der Waals surface area contributed by atoms with Crippen LogP contribution in [0.4, 0.5) is 0 Å². The topological polar surface area (TPSA) is 17.1 Å². The Hall–Kier alpha value is -1.05. The van der Waals surface area contributed by atoms with E-state index < -0.39 is 0 Å². The molecule has 0 aliphatic carbocycles. The average Bonchev–Trinajstić information content (AvgIpc) is 2.05. The number of Topliss-reactive ketones (excluding diaryl/α,β-unsaturated/α-hetero) is 1. The Morgan fingerprint density at radius 3 is 2.38 bits per heavy atom. The Bertz CT molecular complexity index is 290. The molecule has 0 heterocycles. The number of hydrogen-bond donors (Lipinski definition) is 0. The van der Waals surface area contributed by atoms with Crippen molar-refractivity contribution in [1.29, 1.82) is 0 Å². The molecule has 0 aliphatic heterocycles. The molecule has 0 amide bonds. The fraction of sp³-hybridized carbons (Fsp3) is 0.364. The first-order valence-electron chi connectivity index (χ1n) is 4.57. The van der Waals surface area contributed by atoms with Gasteiger partial charge in [-0.25, -0.2) is 0 Å². The molecule has 0 saturated heterocycles. The van der Waals surface area contributed by atoms with E-state index in [4.69, 9.17) is 0 Å². The summed E-state index contributed by atoms with van der Waals surface area (Å²) in [5, 5.41) is -0.235. The van der Waals surface area contributed by atoms with Gasteiger partial charge in [0.15, 0.2) is 0 Å². The zero-order valence-electron chi connectivity index (χ0n) is 8.50. The summed E-state index contributed by atoms with van der Waals surface area (Å²) in [6.45, 7) is 3.64. The first-order valence-corrected chi connectivity index (χ1v) is 4.57. The Labute approximate surface area is 80.6 Å². The quantitative estimate of drug-likeness (QED) is 0.636. The number of benzene rings is 1. The van der Waals surface area contributed by atoms with Crippen molar-refractivity contribution in [3.8, 4) is 0 Å². The molecule has 0 aromatic heterocycles. The summed E-state index contributed by atoms with van der Waals surface area (Å²) in [6, 6.07) is 10.1. The molecule has 0 fully saturated rings. The molecule has 0 saturated carbocycles. The molecule has 1 atom stereocenters. The fourth-order valence-electron chi connectivity index (χ4n) is 1.23. The summed E-state index contributed by atoms with van der Waals surface area (Å²) < 4.78 is 0. The van der Waals surface area contributed by atoms with E-state index in [0.717, 1.165) is 6.42 Å². The molecule has 1 unspecified atom stereocenters. The molecule has 1 aromatic carbocycles. The molecule has 68 valence electrons. The van der Waals surface area contributed by atoms with Crippen LogP contribution in [-0.4, -0.2) is 13.6 Å². The van der Waals surface area contributed by atoms with Crippen LogP contribution in [0.5, 0.6) is 0 Å². The van der Waals surface area contributed by atoms with Gasteiger partial charge in [0.05, 0.1) is 0 Å². The summed E-state index contributed by atoms with van der Waals surface area (Å²) in [7, 11) is 1.99. The standard InChI is InChI=1S/C11H15BO/c1-9(13)11(2,12)8-10-6-4-3-5-7-10/h3-7H,8,12H2,1-2H3. The Morgan fingerprint density at radius 1 is 1.38 bits per heavy atom. The van der Waals surface area contributed by atoms with Gasteiger partial charge >= 0.3 is 0 Å². The number of rotatable bonds is 3. The zero-order valence-corrected chi connectivity index (χ0v) is 8.50. The molecule has 0 N–H and O–H groups in total. The lowest BCUT2D eigenvalue weighted by atomic mass is 9.64. The third-order valence-electron chi connectivity index (χ3n) is 2.44. The highest BCUT2D eigenvalue weighted by Gasteiger charge is 2.23. The van der Waals surface area contributed by atoms with E-state index in [9.17, 15) is 4.79 Å². The molecule has 0 spiro atoms. The summed E-state index contributed by atoms with van der Waals surface area (Å²) in [4.78, 5) is 11.3. The van der Waals surface area contributed by atoms with E-state index in [1.54, 1.807) is 6.92 Å². The van der Waals surface area contributed by atoms with Crippen molar-refractivity contribution in [2.75, 3.05) is 0 Å². The van der Waals surface area contributed by atoms with Gasteiger partial charge in [-0.05, 0) is 24.2 Å². The van der Waals surface area contributed by atoms with Crippen LogP contribution in [0.25, 0.3) is 0 Å². The first-order chi connectivity index (χ1) is 6.02. The van der Waals surface area contributed by atoms with Crippen LogP contribution in [0, 0.1) is 0 Å². The monoisotopic (exact) mass is 174 g/mol. The minimum absolute atomic E-state index is 0.235. The van der Waals surface area contributed by atoms with E-state index in [-0.39, 0.29) is 11.1 Å². The van der Waals surface area contributed by atoms with Crippen molar-refractivity contribution < 1.29 is 4.79 Å². The van der Waals surface area contributed by atoms with E-state index in [1.165, 1.54) is 5.56 Å². The maximum atomic E-state index is 11.3. The molecular weight excluding hydrogens is 159 g/mol. The van der Waals surface area contributed by atoms with Crippen LogP contribution in [0.15, 0.2) is 30.3 Å². The number of hydrogen-bond acceptors (Lipinski definition) is 1. The molecular formula is C11H15BO. The minimum Gasteiger partial charge on any atom is -0.300 e. The van der Waals surface area contributed by atoms with Crippen LogP contribution < -0.4 is 0 Å². The largest absolute Gasteiger partial charge is 0.300 e. The van der Waals surface area contributed by atoms with Crippen molar-refractivity contribution in [1.82, 2.24) is 0 Å². The molecule has 0 radical (unpaired) electrons.